The van der Waals surface area contributed by atoms with Crippen molar-refractivity contribution in [3.8, 4) is 0 Å². The molecule has 4 heteroatoms. The van der Waals surface area contributed by atoms with E-state index in [4.69, 9.17) is 4.74 Å². The highest BCUT2D eigenvalue weighted by molar-refractivity contribution is 9.10. The minimum absolute atomic E-state index is 0.277. The van der Waals surface area contributed by atoms with Gasteiger partial charge in [0.1, 0.15) is 5.60 Å². The summed E-state index contributed by atoms with van der Waals surface area (Å²) in [5.41, 5.74) is 2.37. The molecule has 0 bridgehead atoms. The summed E-state index contributed by atoms with van der Waals surface area (Å²) in [6.07, 6.45) is 2.44. The smallest absolute Gasteiger partial charge is 0.407 e. The third kappa shape index (κ3) is 1.61. The molecule has 2 aliphatic rings. The van der Waals surface area contributed by atoms with Crippen LogP contribution < -0.4 is 5.32 Å². The van der Waals surface area contributed by atoms with Crippen molar-refractivity contribution in [2.24, 2.45) is 0 Å². The fourth-order valence-corrected chi connectivity index (χ4v) is 2.95. The molecule has 0 saturated carbocycles. The zero-order chi connectivity index (χ0) is 11.2. The van der Waals surface area contributed by atoms with E-state index >= 15 is 0 Å². The van der Waals surface area contributed by atoms with Crippen molar-refractivity contribution < 1.29 is 9.53 Å². The predicted molar refractivity (Wildman–Crippen MR) is 63.4 cm³/mol. The van der Waals surface area contributed by atoms with Crippen molar-refractivity contribution in [3.05, 3.63) is 33.8 Å². The molecule has 1 aliphatic heterocycles. The highest BCUT2D eigenvalue weighted by Crippen LogP contribution is 2.34. The van der Waals surface area contributed by atoms with Gasteiger partial charge in [0.15, 0.2) is 0 Å². The Hall–Kier alpha value is -1.03. The number of amides is 1. The first-order chi connectivity index (χ1) is 7.67. The third-order valence-electron chi connectivity index (χ3n) is 3.39. The summed E-state index contributed by atoms with van der Waals surface area (Å²) in [5, 5.41) is 2.75. The third-order valence-corrected chi connectivity index (χ3v) is 3.89. The van der Waals surface area contributed by atoms with Gasteiger partial charge in [-0.25, -0.2) is 4.79 Å². The van der Waals surface area contributed by atoms with Gasteiger partial charge in [0.2, 0.25) is 0 Å². The van der Waals surface area contributed by atoms with Crippen LogP contribution in [0.4, 0.5) is 4.79 Å². The number of hydrogen-bond donors (Lipinski definition) is 1. The number of carbonyl (C=O) groups is 1. The first-order valence-electron chi connectivity index (χ1n) is 5.41. The van der Waals surface area contributed by atoms with Crippen LogP contribution in [0.15, 0.2) is 22.7 Å². The van der Waals surface area contributed by atoms with Gasteiger partial charge in [0, 0.05) is 10.9 Å². The van der Waals surface area contributed by atoms with E-state index in [1.165, 1.54) is 11.1 Å². The van der Waals surface area contributed by atoms with Crippen LogP contribution in [0.1, 0.15) is 17.5 Å². The average Bonchev–Trinajstić information content (AvgIpc) is 2.61. The minimum Gasteiger partial charge on any atom is -0.441 e. The fourth-order valence-electron chi connectivity index (χ4n) is 2.54. The summed E-state index contributed by atoms with van der Waals surface area (Å²) in [6, 6.07) is 6.32. The first-order valence-corrected chi connectivity index (χ1v) is 6.20. The number of hydrogen-bond acceptors (Lipinski definition) is 2. The molecule has 1 saturated heterocycles. The maximum Gasteiger partial charge on any atom is 0.407 e. The van der Waals surface area contributed by atoms with Gasteiger partial charge in [-0.1, -0.05) is 22.0 Å². The van der Waals surface area contributed by atoms with Crippen LogP contribution in [0, 0.1) is 0 Å². The Bertz CT molecular complexity index is 460. The Labute approximate surface area is 102 Å². The summed E-state index contributed by atoms with van der Waals surface area (Å²) >= 11 is 3.48. The molecule has 1 amide bonds. The molecule has 1 aromatic carbocycles. The van der Waals surface area contributed by atoms with E-state index in [1.807, 2.05) is 6.07 Å². The van der Waals surface area contributed by atoms with Crippen molar-refractivity contribution >= 4 is 22.0 Å². The van der Waals surface area contributed by atoms with E-state index in [0.717, 1.165) is 23.7 Å². The van der Waals surface area contributed by atoms with E-state index in [2.05, 4.69) is 33.4 Å². The second-order valence-corrected chi connectivity index (χ2v) is 5.43. The van der Waals surface area contributed by atoms with Crippen molar-refractivity contribution in [3.63, 3.8) is 0 Å². The van der Waals surface area contributed by atoms with E-state index in [-0.39, 0.29) is 11.7 Å². The van der Waals surface area contributed by atoms with Crippen molar-refractivity contribution in [2.45, 2.75) is 24.9 Å². The zero-order valence-corrected chi connectivity index (χ0v) is 10.3. The molecule has 16 heavy (non-hydrogen) atoms. The zero-order valence-electron chi connectivity index (χ0n) is 8.75. The van der Waals surface area contributed by atoms with Crippen LogP contribution in [0.25, 0.3) is 0 Å². The summed E-state index contributed by atoms with van der Waals surface area (Å²) in [7, 11) is 0. The number of ether oxygens (including phenoxy) is 1. The number of aryl methyl sites for hydroxylation is 1. The first kappa shape index (κ1) is 10.1. The average molecular weight is 282 g/mol. The second-order valence-electron chi connectivity index (χ2n) is 4.52. The standard InChI is InChI=1S/C12H12BrNO2/c13-10-2-1-9-6-12(4-3-8(9)5-10)7-14-11(15)16-12/h1-2,5H,3-4,6-7H2,(H,14,15). The Morgan fingerprint density at radius 3 is 3.00 bits per heavy atom. The molecule has 1 aliphatic carbocycles. The lowest BCUT2D eigenvalue weighted by atomic mass is 9.80. The summed E-state index contributed by atoms with van der Waals surface area (Å²) in [6.45, 7) is 0.640. The quantitative estimate of drug-likeness (QED) is 0.793. The molecular weight excluding hydrogens is 270 g/mol. The predicted octanol–water partition coefficient (Wildman–Crippen LogP) is 2.42. The van der Waals surface area contributed by atoms with Gasteiger partial charge in [-0.3, -0.25) is 0 Å². The Balaban J connectivity index is 1.92. The minimum atomic E-state index is -0.294. The molecule has 0 radical (unpaired) electrons. The SMILES string of the molecule is O=C1NCC2(CCc3cc(Br)ccc3C2)O1. The number of alkyl carbamates (subject to hydrolysis) is 1. The maximum atomic E-state index is 11.1. The summed E-state index contributed by atoms with van der Waals surface area (Å²) in [5.74, 6) is 0. The molecular formula is C12H12BrNO2. The molecule has 1 heterocycles. The van der Waals surface area contributed by atoms with Gasteiger partial charge in [-0.2, -0.15) is 0 Å². The Kier molecular flexibility index (Phi) is 2.21. The number of benzene rings is 1. The number of nitrogens with one attached hydrogen (secondary N) is 1. The summed E-state index contributed by atoms with van der Waals surface area (Å²) < 4.78 is 6.53. The lowest BCUT2D eigenvalue weighted by Crippen LogP contribution is -2.39. The molecule has 1 N–H and O–H groups in total. The van der Waals surface area contributed by atoms with Crippen LogP contribution >= 0.6 is 15.9 Å². The van der Waals surface area contributed by atoms with Crippen molar-refractivity contribution in [1.29, 1.82) is 0 Å². The maximum absolute atomic E-state index is 11.1. The van der Waals surface area contributed by atoms with E-state index < -0.39 is 0 Å². The lowest BCUT2D eigenvalue weighted by Gasteiger charge is -2.32. The van der Waals surface area contributed by atoms with Gasteiger partial charge in [0.05, 0.1) is 6.54 Å². The van der Waals surface area contributed by atoms with E-state index in [0.29, 0.717) is 6.54 Å². The fraction of sp³-hybridized carbons (Fsp3) is 0.417. The van der Waals surface area contributed by atoms with E-state index in [1.54, 1.807) is 0 Å². The normalized spacial score (nSPS) is 27.4. The van der Waals surface area contributed by atoms with Crippen LogP contribution in [-0.4, -0.2) is 18.2 Å². The number of carbonyl (C=O) groups excluding carboxylic acids is 1. The molecule has 1 atom stereocenters. The van der Waals surface area contributed by atoms with Gasteiger partial charge >= 0.3 is 6.09 Å². The van der Waals surface area contributed by atoms with Crippen LogP contribution in [0.2, 0.25) is 0 Å². The number of fused-ring (bicyclic) bond motifs is 1. The molecule has 84 valence electrons. The molecule has 1 fully saturated rings. The molecule has 0 aromatic heterocycles. The lowest BCUT2D eigenvalue weighted by molar-refractivity contribution is 0.0455. The molecule has 1 spiro atoms. The number of halogens is 1. The number of rotatable bonds is 0. The molecule has 1 unspecified atom stereocenters. The largest absolute Gasteiger partial charge is 0.441 e. The Morgan fingerprint density at radius 1 is 1.38 bits per heavy atom. The van der Waals surface area contributed by atoms with Crippen molar-refractivity contribution in [1.82, 2.24) is 5.32 Å². The molecule has 3 rings (SSSR count). The molecule has 3 nitrogen and oxygen atoms in total. The second kappa shape index (κ2) is 3.48. The summed E-state index contributed by atoms with van der Waals surface area (Å²) in [4.78, 5) is 11.1. The van der Waals surface area contributed by atoms with Crippen LogP contribution in [-0.2, 0) is 17.6 Å². The monoisotopic (exact) mass is 281 g/mol. The van der Waals surface area contributed by atoms with Crippen LogP contribution in [0.3, 0.4) is 0 Å². The van der Waals surface area contributed by atoms with Gasteiger partial charge in [-0.15, -0.1) is 0 Å². The highest BCUT2D eigenvalue weighted by atomic mass is 79.9. The van der Waals surface area contributed by atoms with Gasteiger partial charge in [0.25, 0.3) is 0 Å². The van der Waals surface area contributed by atoms with Crippen molar-refractivity contribution in [2.75, 3.05) is 6.54 Å². The topological polar surface area (TPSA) is 38.3 Å². The highest BCUT2D eigenvalue weighted by Gasteiger charge is 2.42. The Morgan fingerprint density at radius 2 is 2.25 bits per heavy atom. The van der Waals surface area contributed by atoms with Gasteiger partial charge < -0.3 is 10.1 Å². The van der Waals surface area contributed by atoms with E-state index in [9.17, 15) is 4.79 Å². The van der Waals surface area contributed by atoms with Gasteiger partial charge in [-0.05, 0) is 36.1 Å². The molecule has 1 aromatic rings. The van der Waals surface area contributed by atoms with Crippen LogP contribution in [0.5, 0.6) is 0 Å².